The fourth-order valence-electron chi connectivity index (χ4n) is 4.52. The maximum atomic E-state index is 13.5. The lowest BCUT2D eigenvalue weighted by Crippen LogP contribution is -2.32. The summed E-state index contributed by atoms with van der Waals surface area (Å²) in [5.74, 6) is 1.19. The highest BCUT2D eigenvalue weighted by molar-refractivity contribution is 6.32. The molecular formula is C26H24ClN3O. The summed E-state index contributed by atoms with van der Waals surface area (Å²) in [5, 5.41) is 0.704. The van der Waals surface area contributed by atoms with Gasteiger partial charge in [-0.1, -0.05) is 61.0 Å². The Morgan fingerprint density at radius 2 is 1.84 bits per heavy atom. The second-order valence-electron chi connectivity index (χ2n) is 8.40. The van der Waals surface area contributed by atoms with Crippen LogP contribution in [0.15, 0.2) is 66.7 Å². The number of rotatable bonds is 3. The number of amides is 1. The predicted octanol–water partition coefficient (Wildman–Crippen LogP) is 6.42. The Labute approximate surface area is 186 Å². The Balaban J connectivity index is 1.49. The molecule has 0 bridgehead atoms. The molecule has 4 nitrogen and oxygen atoms in total. The Bertz CT molecular complexity index is 1230. The van der Waals surface area contributed by atoms with Crippen molar-refractivity contribution in [3.05, 3.63) is 88.7 Å². The lowest BCUT2D eigenvalue weighted by atomic mass is 10.0. The van der Waals surface area contributed by atoms with Crippen molar-refractivity contribution in [2.75, 3.05) is 6.54 Å². The molecule has 2 atom stereocenters. The largest absolute Gasteiger partial charge is 0.340 e. The molecule has 0 aliphatic carbocycles. The van der Waals surface area contributed by atoms with Crippen LogP contribution in [0.25, 0.3) is 22.2 Å². The molecule has 2 heterocycles. The van der Waals surface area contributed by atoms with Crippen LogP contribution in [0.5, 0.6) is 0 Å². The predicted molar refractivity (Wildman–Crippen MR) is 125 cm³/mol. The number of aromatic nitrogens is 2. The van der Waals surface area contributed by atoms with E-state index in [0.29, 0.717) is 16.5 Å². The lowest BCUT2D eigenvalue weighted by Gasteiger charge is -2.25. The molecule has 31 heavy (non-hydrogen) atoms. The van der Waals surface area contributed by atoms with E-state index in [0.717, 1.165) is 46.5 Å². The van der Waals surface area contributed by atoms with Crippen LogP contribution in [0.1, 0.15) is 41.1 Å². The number of hydrogen-bond acceptors (Lipinski definition) is 2. The van der Waals surface area contributed by atoms with E-state index in [1.165, 1.54) is 0 Å². The molecule has 1 aromatic heterocycles. The molecule has 156 valence electrons. The van der Waals surface area contributed by atoms with Crippen LogP contribution in [0.2, 0.25) is 5.02 Å². The Morgan fingerprint density at radius 1 is 1.06 bits per heavy atom. The van der Waals surface area contributed by atoms with Crippen molar-refractivity contribution >= 4 is 28.5 Å². The molecule has 0 spiro atoms. The van der Waals surface area contributed by atoms with Gasteiger partial charge in [0.1, 0.15) is 5.82 Å². The van der Waals surface area contributed by atoms with Crippen LogP contribution in [-0.2, 0) is 0 Å². The van der Waals surface area contributed by atoms with Gasteiger partial charge in [0.15, 0.2) is 0 Å². The van der Waals surface area contributed by atoms with Crippen LogP contribution in [0, 0.1) is 12.8 Å². The molecule has 1 saturated heterocycles. The topological polar surface area (TPSA) is 49.0 Å². The number of aryl methyl sites for hydroxylation is 1. The molecule has 5 rings (SSSR count). The van der Waals surface area contributed by atoms with Crippen LogP contribution < -0.4 is 0 Å². The van der Waals surface area contributed by atoms with Crippen molar-refractivity contribution < 1.29 is 4.79 Å². The van der Waals surface area contributed by atoms with Crippen LogP contribution in [-0.4, -0.2) is 27.3 Å². The van der Waals surface area contributed by atoms with Gasteiger partial charge in [-0.3, -0.25) is 4.79 Å². The van der Waals surface area contributed by atoms with E-state index in [1.54, 1.807) is 0 Å². The number of imidazole rings is 1. The summed E-state index contributed by atoms with van der Waals surface area (Å²) in [4.78, 5) is 23.8. The van der Waals surface area contributed by atoms with E-state index >= 15 is 0 Å². The van der Waals surface area contributed by atoms with Gasteiger partial charge in [0.2, 0.25) is 0 Å². The molecular weight excluding hydrogens is 406 g/mol. The van der Waals surface area contributed by atoms with Gasteiger partial charge in [0.05, 0.1) is 17.1 Å². The molecule has 1 N–H and O–H groups in total. The van der Waals surface area contributed by atoms with Gasteiger partial charge in [0.25, 0.3) is 5.91 Å². The van der Waals surface area contributed by atoms with Crippen molar-refractivity contribution in [3.63, 3.8) is 0 Å². The number of hydrogen-bond donors (Lipinski definition) is 1. The van der Waals surface area contributed by atoms with Gasteiger partial charge < -0.3 is 9.88 Å². The van der Waals surface area contributed by atoms with E-state index < -0.39 is 0 Å². The first kappa shape index (κ1) is 19.8. The second-order valence-corrected chi connectivity index (χ2v) is 8.80. The first-order chi connectivity index (χ1) is 15.0. The zero-order valence-corrected chi connectivity index (χ0v) is 18.4. The van der Waals surface area contributed by atoms with Crippen molar-refractivity contribution in [3.8, 4) is 11.1 Å². The number of carbonyl (C=O) groups is 1. The Hall–Kier alpha value is -3.11. The van der Waals surface area contributed by atoms with Gasteiger partial charge in [-0.2, -0.15) is 0 Å². The van der Waals surface area contributed by atoms with Crippen molar-refractivity contribution in [1.29, 1.82) is 0 Å². The highest BCUT2D eigenvalue weighted by Crippen LogP contribution is 2.38. The number of H-pyrrole nitrogens is 1. The minimum Gasteiger partial charge on any atom is -0.340 e. The zero-order valence-electron chi connectivity index (χ0n) is 17.6. The fourth-order valence-corrected chi connectivity index (χ4v) is 4.68. The summed E-state index contributed by atoms with van der Waals surface area (Å²) in [7, 11) is 0. The van der Waals surface area contributed by atoms with Crippen molar-refractivity contribution in [2.24, 2.45) is 5.92 Å². The van der Waals surface area contributed by atoms with E-state index in [-0.39, 0.29) is 11.9 Å². The van der Waals surface area contributed by atoms with Gasteiger partial charge in [-0.15, -0.1) is 0 Å². The minimum absolute atomic E-state index is 0.0433. The maximum absolute atomic E-state index is 13.5. The standard InChI is InChI=1S/C26H24ClN3O/c1-16-11-12-30(24(16)25-28-22-13-17(2)21(27)15-23(22)29-25)26(31)20-10-6-9-19(14-20)18-7-4-3-5-8-18/h3-10,13-16,24H,11-12H2,1-2H3,(H,28,29)/t16-,24-/m0/s1. The number of carbonyl (C=O) groups excluding carboxylic acids is 1. The summed E-state index contributed by atoms with van der Waals surface area (Å²) < 4.78 is 0. The number of nitrogens with one attached hydrogen (secondary N) is 1. The molecule has 1 aliphatic rings. The van der Waals surface area contributed by atoms with Gasteiger partial charge in [0, 0.05) is 17.1 Å². The van der Waals surface area contributed by atoms with E-state index in [2.05, 4.69) is 24.0 Å². The minimum atomic E-state index is -0.0839. The quantitative estimate of drug-likeness (QED) is 0.408. The van der Waals surface area contributed by atoms with E-state index in [4.69, 9.17) is 16.6 Å². The average Bonchev–Trinajstić information content (AvgIpc) is 3.37. The maximum Gasteiger partial charge on any atom is 0.254 e. The molecule has 1 amide bonds. The third-order valence-corrected chi connectivity index (χ3v) is 6.65. The smallest absolute Gasteiger partial charge is 0.254 e. The van der Waals surface area contributed by atoms with Crippen LogP contribution in [0.4, 0.5) is 0 Å². The zero-order chi connectivity index (χ0) is 21.5. The lowest BCUT2D eigenvalue weighted by molar-refractivity contribution is 0.0714. The summed E-state index contributed by atoms with van der Waals surface area (Å²) in [5.41, 5.74) is 5.65. The SMILES string of the molecule is Cc1cc2[nH]c([C@@H]3[C@@H](C)CCN3C(=O)c3cccc(-c4ccccc4)c3)nc2cc1Cl. The van der Waals surface area contributed by atoms with Gasteiger partial charge in [-0.05, 0) is 60.2 Å². The second kappa shape index (κ2) is 7.86. The number of halogens is 1. The monoisotopic (exact) mass is 429 g/mol. The number of benzene rings is 3. The summed E-state index contributed by atoms with van der Waals surface area (Å²) in [6.45, 7) is 4.89. The summed E-state index contributed by atoms with van der Waals surface area (Å²) in [6.07, 6.45) is 0.950. The van der Waals surface area contributed by atoms with Gasteiger partial charge in [-0.25, -0.2) is 4.98 Å². The average molecular weight is 430 g/mol. The first-order valence-electron chi connectivity index (χ1n) is 10.6. The molecule has 0 saturated carbocycles. The molecule has 5 heteroatoms. The Morgan fingerprint density at radius 3 is 2.65 bits per heavy atom. The molecule has 4 aromatic rings. The molecule has 1 fully saturated rings. The molecule has 1 aliphatic heterocycles. The summed E-state index contributed by atoms with van der Waals surface area (Å²) in [6, 6.07) is 21.8. The normalized spacial score (nSPS) is 18.6. The van der Waals surface area contributed by atoms with Gasteiger partial charge >= 0.3 is 0 Å². The third-order valence-electron chi connectivity index (χ3n) is 6.24. The highest BCUT2D eigenvalue weighted by Gasteiger charge is 2.38. The van der Waals surface area contributed by atoms with E-state index in [1.807, 2.05) is 66.4 Å². The number of likely N-dealkylation sites (tertiary alicyclic amines) is 1. The first-order valence-corrected chi connectivity index (χ1v) is 11.0. The Kier molecular flexibility index (Phi) is 5.03. The fraction of sp³-hybridized carbons (Fsp3) is 0.231. The van der Waals surface area contributed by atoms with Crippen LogP contribution >= 0.6 is 11.6 Å². The van der Waals surface area contributed by atoms with Crippen molar-refractivity contribution in [1.82, 2.24) is 14.9 Å². The third kappa shape index (κ3) is 3.61. The van der Waals surface area contributed by atoms with Crippen molar-refractivity contribution in [2.45, 2.75) is 26.3 Å². The number of aromatic amines is 1. The molecule has 0 unspecified atom stereocenters. The molecule has 0 radical (unpaired) electrons. The highest BCUT2D eigenvalue weighted by atomic mass is 35.5. The van der Waals surface area contributed by atoms with Crippen LogP contribution in [0.3, 0.4) is 0 Å². The molecule has 3 aromatic carbocycles. The number of nitrogens with zero attached hydrogens (tertiary/aromatic N) is 2. The summed E-state index contributed by atoms with van der Waals surface area (Å²) >= 11 is 6.29. The number of fused-ring (bicyclic) bond motifs is 1. The van der Waals surface area contributed by atoms with E-state index in [9.17, 15) is 4.79 Å².